The molecule has 0 unspecified atom stereocenters. The first kappa shape index (κ1) is 18.1. The number of hydrogen-bond donors (Lipinski definition) is 2. The lowest BCUT2D eigenvalue weighted by atomic mass is 10.1. The fourth-order valence-corrected chi connectivity index (χ4v) is 2.70. The van der Waals surface area contributed by atoms with Crippen LogP contribution >= 0.6 is 11.3 Å². The molecule has 0 radical (unpaired) electrons. The van der Waals surface area contributed by atoms with Crippen LogP contribution in [-0.2, 0) is 17.8 Å². The Labute approximate surface area is 144 Å². The van der Waals surface area contributed by atoms with Crippen molar-refractivity contribution in [3.8, 4) is 0 Å². The molecule has 0 aliphatic rings. The third-order valence-corrected chi connectivity index (χ3v) is 4.10. The molecule has 128 valence electrons. The summed E-state index contributed by atoms with van der Waals surface area (Å²) in [5, 5.41) is 13.8. The third-order valence-electron chi connectivity index (χ3n) is 3.19. The Hall–Kier alpha value is -2.25. The highest BCUT2D eigenvalue weighted by molar-refractivity contribution is 7.09. The molecule has 1 aromatic carbocycles. The van der Waals surface area contributed by atoms with Crippen LogP contribution < -0.4 is 5.32 Å². The van der Waals surface area contributed by atoms with E-state index in [9.17, 15) is 9.59 Å². The molecule has 0 atom stereocenters. The minimum atomic E-state index is -1.04. The SMILES string of the molecule is CC(C)OCc1ccc(C(=O)NCCc2nc(C(=O)O)cs2)cc1. The van der Waals surface area contributed by atoms with E-state index in [0.717, 1.165) is 5.56 Å². The fraction of sp³-hybridized carbons (Fsp3) is 0.353. The second-order valence-corrected chi connectivity index (χ2v) is 6.44. The Balaban J connectivity index is 1.80. The summed E-state index contributed by atoms with van der Waals surface area (Å²) in [6.07, 6.45) is 0.671. The molecule has 0 fully saturated rings. The van der Waals surface area contributed by atoms with Gasteiger partial charge in [-0.1, -0.05) is 12.1 Å². The van der Waals surface area contributed by atoms with Gasteiger partial charge in [-0.2, -0.15) is 0 Å². The maximum absolute atomic E-state index is 12.1. The zero-order valence-electron chi connectivity index (χ0n) is 13.6. The average molecular weight is 348 g/mol. The van der Waals surface area contributed by atoms with Gasteiger partial charge in [-0.15, -0.1) is 11.3 Å². The van der Waals surface area contributed by atoms with Crippen LogP contribution in [0.1, 0.15) is 45.3 Å². The quantitative estimate of drug-likeness (QED) is 0.766. The standard InChI is InChI=1S/C17H20N2O4S/c1-11(2)23-9-12-3-5-13(6-4-12)16(20)18-8-7-15-19-14(10-24-15)17(21)22/h3-6,10-11H,7-9H2,1-2H3,(H,18,20)(H,21,22). The second-order valence-electron chi connectivity index (χ2n) is 5.49. The number of carboxylic acid groups (broad SMARTS) is 1. The molecule has 24 heavy (non-hydrogen) atoms. The largest absolute Gasteiger partial charge is 0.476 e. The molecule has 1 amide bonds. The highest BCUT2D eigenvalue weighted by Gasteiger charge is 2.09. The highest BCUT2D eigenvalue weighted by Crippen LogP contribution is 2.10. The summed E-state index contributed by atoms with van der Waals surface area (Å²) in [4.78, 5) is 26.8. The number of rotatable bonds is 8. The Morgan fingerprint density at radius 3 is 2.58 bits per heavy atom. The number of carboxylic acids is 1. The van der Waals surface area contributed by atoms with Crippen molar-refractivity contribution in [2.24, 2.45) is 0 Å². The number of carbonyl (C=O) groups is 2. The maximum atomic E-state index is 12.1. The molecule has 0 saturated heterocycles. The monoisotopic (exact) mass is 348 g/mol. The Kier molecular flexibility index (Phi) is 6.45. The molecule has 1 heterocycles. The number of ether oxygens (including phenoxy) is 1. The van der Waals surface area contributed by atoms with E-state index in [0.29, 0.717) is 30.1 Å². The van der Waals surface area contributed by atoms with Crippen molar-refractivity contribution in [1.82, 2.24) is 10.3 Å². The predicted molar refractivity (Wildman–Crippen MR) is 91.5 cm³/mol. The van der Waals surface area contributed by atoms with Gasteiger partial charge in [0.05, 0.1) is 17.7 Å². The molecule has 0 aliphatic heterocycles. The molecule has 7 heteroatoms. The Morgan fingerprint density at radius 1 is 1.29 bits per heavy atom. The van der Waals surface area contributed by atoms with E-state index in [2.05, 4.69) is 10.3 Å². The van der Waals surface area contributed by atoms with Crippen molar-refractivity contribution in [2.45, 2.75) is 33.0 Å². The number of hydrogen-bond acceptors (Lipinski definition) is 5. The first-order valence-electron chi connectivity index (χ1n) is 7.62. The first-order valence-corrected chi connectivity index (χ1v) is 8.50. The van der Waals surface area contributed by atoms with Gasteiger partial charge < -0.3 is 15.2 Å². The minimum absolute atomic E-state index is 0.0422. The van der Waals surface area contributed by atoms with Crippen molar-refractivity contribution in [1.29, 1.82) is 0 Å². The van der Waals surface area contributed by atoms with Crippen LogP contribution in [0.25, 0.3) is 0 Å². The molecule has 0 bridgehead atoms. The van der Waals surface area contributed by atoms with Crippen molar-refractivity contribution >= 4 is 23.2 Å². The van der Waals surface area contributed by atoms with Crippen molar-refractivity contribution < 1.29 is 19.4 Å². The number of nitrogens with zero attached hydrogens (tertiary/aromatic N) is 1. The molecule has 0 saturated carbocycles. The Bertz CT molecular complexity index is 695. The van der Waals surface area contributed by atoms with Gasteiger partial charge in [0.25, 0.3) is 5.91 Å². The molecule has 2 N–H and O–H groups in total. The number of carbonyl (C=O) groups excluding carboxylic acids is 1. The molecule has 0 aliphatic carbocycles. The van der Waals surface area contributed by atoms with Gasteiger partial charge in [0.2, 0.25) is 0 Å². The number of nitrogens with one attached hydrogen (secondary N) is 1. The molecule has 1 aromatic heterocycles. The van der Waals surface area contributed by atoms with Crippen LogP contribution in [0.2, 0.25) is 0 Å². The van der Waals surface area contributed by atoms with E-state index in [1.165, 1.54) is 16.7 Å². The van der Waals surface area contributed by atoms with Crippen molar-refractivity contribution in [3.05, 3.63) is 51.5 Å². The zero-order chi connectivity index (χ0) is 17.5. The lowest BCUT2D eigenvalue weighted by molar-refractivity contribution is 0.0656. The normalized spacial score (nSPS) is 10.8. The average Bonchev–Trinajstić information content (AvgIpc) is 3.02. The van der Waals surface area contributed by atoms with Crippen LogP contribution in [0.3, 0.4) is 0 Å². The summed E-state index contributed by atoms with van der Waals surface area (Å²) in [7, 11) is 0. The van der Waals surface area contributed by atoms with Gasteiger partial charge in [-0.05, 0) is 31.5 Å². The van der Waals surface area contributed by atoms with Gasteiger partial charge >= 0.3 is 5.97 Å². The van der Waals surface area contributed by atoms with E-state index in [-0.39, 0.29) is 17.7 Å². The van der Waals surface area contributed by atoms with E-state index in [4.69, 9.17) is 9.84 Å². The van der Waals surface area contributed by atoms with Crippen molar-refractivity contribution in [2.75, 3.05) is 6.54 Å². The van der Waals surface area contributed by atoms with Crippen LogP contribution in [0.4, 0.5) is 0 Å². The summed E-state index contributed by atoms with van der Waals surface area (Å²) in [6.45, 7) is 4.88. The lowest BCUT2D eigenvalue weighted by Crippen LogP contribution is -2.25. The van der Waals surface area contributed by atoms with E-state index < -0.39 is 5.97 Å². The summed E-state index contributed by atoms with van der Waals surface area (Å²) < 4.78 is 5.51. The van der Waals surface area contributed by atoms with E-state index in [1.54, 1.807) is 12.1 Å². The minimum Gasteiger partial charge on any atom is -0.476 e. The number of aromatic carboxylic acids is 1. The fourth-order valence-electron chi connectivity index (χ4n) is 1.92. The Morgan fingerprint density at radius 2 is 2.00 bits per heavy atom. The molecule has 2 rings (SSSR count). The molecular formula is C17H20N2O4S. The topological polar surface area (TPSA) is 88.5 Å². The van der Waals surface area contributed by atoms with E-state index >= 15 is 0 Å². The van der Waals surface area contributed by atoms with Crippen LogP contribution in [0.15, 0.2) is 29.6 Å². The summed E-state index contributed by atoms with van der Waals surface area (Å²) in [6, 6.07) is 7.27. The van der Waals surface area contributed by atoms with Gasteiger partial charge in [-0.25, -0.2) is 9.78 Å². The molecule has 0 spiro atoms. The van der Waals surface area contributed by atoms with Crippen LogP contribution in [0.5, 0.6) is 0 Å². The maximum Gasteiger partial charge on any atom is 0.355 e. The smallest absolute Gasteiger partial charge is 0.355 e. The van der Waals surface area contributed by atoms with Crippen LogP contribution in [-0.4, -0.2) is 34.6 Å². The third kappa shape index (κ3) is 5.43. The number of benzene rings is 1. The molecule has 2 aromatic rings. The highest BCUT2D eigenvalue weighted by atomic mass is 32.1. The zero-order valence-corrected chi connectivity index (χ0v) is 14.4. The summed E-state index contributed by atoms with van der Waals surface area (Å²) in [5.41, 5.74) is 1.64. The summed E-state index contributed by atoms with van der Waals surface area (Å²) >= 11 is 1.28. The first-order chi connectivity index (χ1) is 11.5. The van der Waals surface area contributed by atoms with Gasteiger partial charge in [0.1, 0.15) is 0 Å². The summed E-state index contributed by atoms with van der Waals surface area (Å²) in [5.74, 6) is -1.20. The van der Waals surface area contributed by atoms with Crippen molar-refractivity contribution in [3.63, 3.8) is 0 Å². The lowest BCUT2D eigenvalue weighted by Gasteiger charge is -2.08. The van der Waals surface area contributed by atoms with Crippen LogP contribution in [0, 0.1) is 0 Å². The number of thiazole rings is 1. The van der Waals surface area contributed by atoms with E-state index in [1.807, 2.05) is 26.0 Å². The number of amides is 1. The molecule has 6 nitrogen and oxygen atoms in total. The van der Waals surface area contributed by atoms with Gasteiger partial charge in [-0.3, -0.25) is 4.79 Å². The molecular weight excluding hydrogens is 328 g/mol. The second kappa shape index (κ2) is 8.56. The van der Waals surface area contributed by atoms with Gasteiger partial charge in [0, 0.05) is 23.9 Å². The number of aromatic nitrogens is 1. The van der Waals surface area contributed by atoms with Gasteiger partial charge in [0.15, 0.2) is 5.69 Å². The predicted octanol–water partition coefficient (Wildman–Crippen LogP) is 2.74.